The minimum Gasteiger partial charge on any atom is -0.338 e. The molecule has 1 aliphatic carbocycles. The Morgan fingerprint density at radius 2 is 1.68 bits per heavy atom. The molecule has 138 valence electrons. The van der Waals surface area contributed by atoms with Gasteiger partial charge in [-0.05, 0) is 69.7 Å². The summed E-state index contributed by atoms with van der Waals surface area (Å²) in [4.78, 5) is 15.4. The number of hydrogen-bond acceptors (Lipinski definition) is 3. The summed E-state index contributed by atoms with van der Waals surface area (Å²) in [6.07, 6.45) is 6.66. The van der Waals surface area contributed by atoms with Crippen molar-refractivity contribution < 1.29 is 13.2 Å². The predicted molar refractivity (Wildman–Crippen MR) is 102 cm³/mol. The Bertz CT molecular complexity index is 740. The maximum atomic E-state index is 13.3. The summed E-state index contributed by atoms with van der Waals surface area (Å²) in [6.45, 7) is 3.79. The molecular formula is C19H26BrNO3S. The van der Waals surface area contributed by atoms with Crippen LogP contribution >= 0.6 is 15.9 Å². The van der Waals surface area contributed by atoms with Crippen molar-refractivity contribution >= 4 is 31.7 Å². The number of rotatable bonds is 3. The zero-order valence-corrected chi connectivity index (χ0v) is 17.3. The van der Waals surface area contributed by atoms with E-state index in [0.717, 1.165) is 36.6 Å². The van der Waals surface area contributed by atoms with Crippen molar-refractivity contribution in [2.75, 3.05) is 6.54 Å². The van der Waals surface area contributed by atoms with Gasteiger partial charge in [-0.15, -0.1) is 0 Å². The molecule has 1 aromatic carbocycles. The number of amides is 1. The molecule has 0 spiro atoms. The summed E-state index contributed by atoms with van der Waals surface area (Å²) < 4.78 is 25.7. The monoisotopic (exact) mass is 427 g/mol. The number of benzene rings is 1. The fourth-order valence-corrected chi connectivity index (χ4v) is 5.94. The highest BCUT2D eigenvalue weighted by molar-refractivity contribution is 9.10. The topological polar surface area (TPSA) is 54.5 Å². The average Bonchev–Trinajstić information content (AvgIpc) is 2.60. The molecule has 0 radical (unpaired) electrons. The number of halogens is 1. The third kappa shape index (κ3) is 3.39. The number of sulfone groups is 1. The van der Waals surface area contributed by atoms with E-state index < -0.39 is 14.6 Å². The van der Waals surface area contributed by atoms with Gasteiger partial charge in [0.25, 0.3) is 0 Å². The third-order valence-electron chi connectivity index (χ3n) is 5.81. The maximum absolute atomic E-state index is 13.3. The van der Waals surface area contributed by atoms with Crippen LogP contribution in [0.5, 0.6) is 0 Å². The molecule has 2 aliphatic rings. The molecule has 1 saturated carbocycles. The van der Waals surface area contributed by atoms with Crippen LogP contribution in [0.3, 0.4) is 0 Å². The molecule has 2 fully saturated rings. The Hall–Kier alpha value is -0.880. The standard InChI is InChI=1S/C19H26BrNO3S/c1-19(2,25(23,24)16-11-9-15(20)10-12-16)18(22)21-13-5-7-14-6-3-4-8-17(14)21/h9-12,14,17H,3-8,13H2,1-2H3. The van der Waals surface area contributed by atoms with Gasteiger partial charge in [0.15, 0.2) is 9.84 Å². The number of carbonyl (C=O) groups excluding carboxylic acids is 1. The molecule has 1 aromatic rings. The zero-order chi connectivity index (χ0) is 18.2. The number of carbonyl (C=O) groups is 1. The van der Waals surface area contributed by atoms with Gasteiger partial charge in [0.2, 0.25) is 5.91 Å². The molecule has 25 heavy (non-hydrogen) atoms. The highest BCUT2D eigenvalue weighted by Crippen LogP contribution is 2.38. The summed E-state index contributed by atoms with van der Waals surface area (Å²) in [5.41, 5.74) is 0. The van der Waals surface area contributed by atoms with Crippen molar-refractivity contribution in [1.29, 1.82) is 0 Å². The number of nitrogens with zero attached hydrogens (tertiary/aromatic N) is 1. The van der Waals surface area contributed by atoms with E-state index >= 15 is 0 Å². The first kappa shape index (κ1) is 18.9. The fraction of sp³-hybridized carbons (Fsp3) is 0.632. The number of likely N-dealkylation sites (tertiary alicyclic amines) is 1. The SMILES string of the molecule is CC(C)(C(=O)N1CCCC2CCCCC21)S(=O)(=O)c1ccc(Br)cc1. The van der Waals surface area contributed by atoms with Gasteiger partial charge in [-0.1, -0.05) is 28.8 Å². The summed E-state index contributed by atoms with van der Waals surface area (Å²) >= 11 is 3.32. The van der Waals surface area contributed by atoms with Gasteiger partial charge in [-0.25, -0.2) is 8.42 Å². The van der Waals surface area contributed by atoms with Gasteiger partial charge < -0.3 is 4.90 Å². The Labute approximate surface area is 159 Å². The van der Waals surface area contributed by atoms with Crippen molar-refractivity contribution in [3.63, 3.8) is 0 Å². The molecular weight excluding hydrogens is 402 g/mol. The quantitative estimate of drug-likeness (QED) is 0.726. The molecule has 0 bridgehead atoms. The van der Waals surface area contributed by atoms with Crippen LogP contribution in [-0.2, 0) is 14.6 Å². The Morgan fingerprint density at radius 1 is 1.08 bits per heavy atom. The second-order valence-electron chi connectivity index (χ2n) is 7.72. The van der Waals surface area contributed by atoms with Crippen molar-refractivity contribution in [3.8, 4) is 0 Å². The highest BCUT2D eigenvalue weighted by Gasteiger charge is 2.48. The molecule has 4 nitrogen and oxygen atoms in total. The molecule has 3 rings (SSSR count). The Kier molecular flexibility index (Phi) is 5.31. The zero-order valence-electron chi connectivity index (χ0n) is 14.9. The van der Waals surface area contributed by atoms with Gasteiger partial charge in [-0.2, -0.15) is 0 Å². The first-order valence-corrected chi connectivity index (χ1v) is 11.3. The Balaban J connectivity index is 1.90. The minimum atomic E-state index is -3.75. The smallest absolute Gasteiger partial charge is 0.244 e. The highest BCUT2D eigenvalue weighted by atomic mass is 79.9. The second-order valence-corrected chi connectivity index (χ2v) is 11.1. The second kappa shape index (κ2) is 7.03. The van der Waals surface area contributed by atoms with Gasteiger partial charge in [0, 0.05) is 17.1 Å². The fourth-order valence-electron chi connectivity index (χ4n) is 4.25. The summed E-state index contributed by atoms with van der Waals surface area (Å²) in [6, 6.07) is 6.74. The van der Waals surface area contributed by atoms with Crippen LogP contribution in [0.4, 0.5) is 0 Å². The lowest BCUT2D eigenvalue weighted by molar-refractivity contribution is -0.139. The van der Waals surface area contributed by atoms with Crippen LogP contribution in [0.25, 0.3) is 0 Å². The number of hydrogen-bond donors (Lipinski definition) is 0. The van der Waals surface area contributed by atoms with Crippen LogP contribution in [0.15, 0.2) is 33.6 Å². The lowest BCUT2D eigenvalue weighted by Gasteiger charge is -2.46. The van der Waals surface area contributed by atoms with Gasteiger partial charge in [-0.3, -0.25) is 4.79 Å². The van der Waals surface area contributed by atoms with Crippen molar-refractivity contribution in [2.24, 2.45) is 5.92 Å². The molecule has 0 N–H and O–H groups in total. The van der Waals surface area contributed by atoms with Crippen molar-refractivity contribution in [3.05, 3.63) is 28.7 Å². The van der Waals surface area contributed by atoms with Crippen LogP contribution < -0.4 is 0 Å². The predicted octanol–water partition coefficient (Wildman–Crippen LogP) is 4.18. The van der Waals surface area contributed by atoms with E-state index in [1.165, 1.54) is 6.42 Å². The maximum Gasteiger partial charge on any atom is 0.244 e. The van der Waals surface area contributed by atoms with E-state index in [9.17, 15) is 13.2 Å². The third-order valence-corrected chi connectivity index (χ3v) is 8.75. The van der Waals surface area contributed by atoms with E-state index in [1.807, 2.05) is 4.90 Å². The molecule has 2 atom stereocenters. The van der Waals surface area contributed by atoms with Crippen LogP contribution in [0, 0.1) is 5.92 Å². The van der Waals surface area contributed by atoms with E-state index in [-0.39, 0.29) is 16.8 Å². The first-order valence-electron chi connectivity index (χ1n) is 9.06. The summed E-state index contributed by atoms with van der Waals surface area (Å²) in [5.74, 6) is 0.296. The lowest BCUT2D eigenvalue weighted by Crippen LogP contribution is -2.57. The first-order chi connectivity index (χ1) is 11.7. The summed E-state index contributed by atoms with van der Waals surface area (Å²) in [7, 11) is -3.75. The van der Waals surface area contributed by atoms with Crippen molar-refractivity contribution in [2.45, 2.75) is 68.1 Å². The Morgan fingerprint density at radius 3 is 2.36 bits per heavy atom. The molecule has 0 aromatic heterocycles. The summed E-state index contributed by atoms with van der Waals surface area (Å²) in [5, 5.41) is 0. The van der Waals surface area contributed by atoms with Gasteiger partial charge in [0.1, 0.15) is 4.75 Å². The number of piperidine rings is 1. The number of fused-ring (bicyclic) bond motifs is 1. The minimum absolute atomic E-state index is 0.200. The van der Waals surface area contributed by atoms with Crippen LogP contribution in [0.1, 0.15) is 52.4 Å². The molecule has 2 unspecified atom stereocenters. The van der Waals surface area contributed by atoms with E-state index in [1.54, 1.807) is 38.1 Å². The largest absolute Gasteiger partial charge is 0.338 e. The van der Waals surface area contributed by atoms with E-state index in [0.29, 0.717) is 12.5 Å². The van der Waals surface area contributed by atoms with Crippen molar-refractivity contribution in [1.82, 2.24) is 4.90 Å². The average molecular weight is 428 g/mol. The van der Waals surface area contributed by atoms with Crippen LogP contribution in [0.2, 0.25) is 0 Å². The molecule has 1 aliphatic heterocycles. The molecule has 6 heteroatoms. The molecule has 1 heterocycles. The normalized spacial score (nSPS) is 24.7. The van der Waals surface area contributed by atoms with E-state index in [4.69, 9.17) is 0 Å². The molecule has 1 amide bonds. The van der Waals surface area contributed by atoms with Gasteiger partial charge in [0.05, 0.1) is 4.90 Å². The lowest BCUT2D eigenvalue weighted by atomic mass is 9.78. The van der Waals surface area contributed by atoms with Crippen LogP contribution in [-0.4, -0.2) is 36.6 Å². The molecule has 1 saturated heterocycles. The van der Waals surface area contributed by atoms with E-state index in [2.05, 4.69) is 15.9 Å². The van der Waals surface area contributed by atoms with Gasteiger partial charge >= 0.3 is 0 Å².